The molecule has 31 heavy (non-hydrogen) atoms. The van der Waals surface area contributed by atoms with Crippen LogP contribution in [0.2, 0.25) is 0 Å². The molecule has 5 rings (SSSR count). The number of ether oxygens (including phenoxy) is 1. The first kappa shape index (κ1) is 19.8. The van der Waals surface area contributed by atoms with Crippen molar-refractivity contribution in [3.05, 3.63) is 59.8 Å². The number of hydrogen-bond donors (Lipinski definition) is 2. The lowest BCUT2D eigenvalue weighted by atomic mass is 10.1. The standard InChI is InChI=1S/C24H27N5O2/c1-16-15-29(10-11-31-16)23-9-6-17(14-26-23)13-25-22-12-20(24(30)27-18-7-8-18)19-4-2-3-5-21(19)28-22/h2-6,9,12,14,16,18H,7-8,10-11,13,15H2,1H3,(H,25,28)(H,27,30). The van der Waals surface area contributed by atoms with Crippen molar-refractivity contribution in [1.82, 2.24) is 15.3 Å². The van der Waals surface area contributed by atoms with E-state index in [1.807, 2.05) is 36.5 Å². The molecule has 1 atom stereocenters. The highest BCUT2D eigenvalue weighted by Crippen LogP contribution is 2.24. The van der Waals surface area contributed by atoms with Gasteiger partial charge in [0, 0.05) is 37.3 Å². The summed E-state index contributed by atoms with van der Waals surface area (Å²) in [5, 5.41) is 7.32. The number of para-hydroxylation sites is 1. The van der Waals surface area contributed by atoms with E-state index < -0.39 is 0 Å². The van der Waals surface area contributed by atoms with Gasteiger partial charge in [0.15, 0.2) is 0 Å². The second kappa shape index (κ2) is 8.51. The molecule has 2 N–H and O–H groups in total. The molecule has 1 aromatic carbocycles. The van der Waals surface area contributed by atoms with Gasteiger partial charge in [-0.05, 0) is 43.5 Å². The molecule has 1 unspecified atom stereocenters. The van der Waals surface area contributed by atoms with Crippen molar-refractivity contribution < 1.29 is 9.53 Å². The summed E-state index contributed by atoms with van der Waals surface area (Å²) in [6, 6.07) is 14.1. The predicted molar refractivity (Wildman–Crippen MR) is 121 cm³/mol. The van der Waals surface area contributed by atoms with Gasteiger partial charge in [0.25, 0.3) is 5.91 Å². The van der Waals surface area contributed by atoms with Gasteiger partial charge < -0.3 is 20.3 Å². The van der Waals surface area contributed by atoms with Crippen LogP contribution in [0.5, 0.6) is 0 Å². The molecule has 0 radical (unpaired) electrons. The Bertz CT molecular complexity index is 1080. The summed E-state index contributed by atoms with van der Waals surface area (Å²) in [5.74, 6) is 1.63. The highest BCUT2D eigenvalue weighted by atomic mass is 16.5. The number of anilines is 2. The number of nitrogens with zero attached hydrogens (tertiary/aromatic N) is 3. The Labute approximate surface area is 181 Å². The minimum absolute atomic E-state index is 0.0325. The molecule has 1 amide bonds. The Kier molecular flexibility index (Phi) is 5.42. The molecular formula is C24H27N5O2. The van der Waals surface area contributed by atoms with Crippen molar-refractivity contribution >= 4 is 28.4 Å². The van der Waals surface area contributed by atoms with Crippen LogP contribution in [0.3, 0.4) is 0 Å². The average Bonchev–Trinajstić information content (AvgIpc) is 3.61. The smallest absolute Gasteiger partial charge is 0.252 e. The molecular weight excluding hydrogens is 390 g/mol. The quantitative estimate of drug-likeness (QED) is 0.640. The third kappa shape index (κ3) is 4.61. The van der Waals surface area contributed by atoms with Gasteiger partial charge >= 0.3 is 0 Å². The molecule has 3 aromatic rings. The Balaban J connectivity index is 1.30. The molecule has 3 heterocycles. The van der Waals surface area contributed by atoms with Crippen LogP contribution in [0.4, 0.5) is 11.6 Å². The highest BCUT2D eigenvalue weighted by Gasteiger charge is 2.25. The molecule has 7 nitrogen and oxygen atoms in total. The normalized spacial score (nSPS) is 18.7. The second-order valence-electron chi connectivity index (χ2n) is 8.33. The molecule has 1 aliphatic carbocycles. The van der Waals surface area contributed by atoms with Crippen molar-refractivity contribution in [2.75, 3.05) is 29.9 Å². The summed E-state index contributed by atoms with van der Waals surface area (Å²) in [6.07, 6.45) is 4.24. The molecule has 7 heteroatoms. The molecule has 0 spiro atoms. The summed E-state index contributed by atoms with van der Waals surface area (Å²) in [6.45, 7) is 5.12. The fraction of sp³-hybridized carbons (Fsp3) is 0.375. The van der Waals surface area contributed by atoms with Crippen LogP contribution in [0.25, 0.3) is 10.9 Å². The number of fused-ring (bicyclic) bond motifs is 1. The number of hydrogen-bond acceptors (Lipinski definition) is 6. The number of rotatable bonds is 6. The SMILES string of the molecule is CC1CN(c2ccc(CNc3cc(C(=O)NC4CC4)c4ccccc4n3)cn2)CCO1. The molecule has 160 valence electrons. The second-order valence-corrected chi connectivity index (χ2v) is 8.33. The molecule has 0 bridgehead atoms. The molecule has 2 aromatic heterocycles. The lowest BCUT2D eigenvalue weighted by Gasteiger charge is -2.32. The van der Waals surface area contributed by atoms with E-state index in [4.69, 9.17) is 9.72 Å². The van der Waals surface area contributed by atoms with Crippen molar-refractivity contribution in [3.63, 3.8) is 0 Å². The zero-order valence-corrected chi connectivity index (χ0v) is 17.7. The molecule has 1 saturated heterocycles. The lowest BCUT2D eigenvalue weighted by Crippen LogP contribution is -2.41. The van der Waals surface area contributed by atoms with Crippen molar-refractivity contribution in [2.45, 2.75) is 38.5 Å². The van der Waals surface area contributed by atoms with Crippen LogP contribution in [0.15, 0.2) is 48.7 Å². The Morgan fingerprint density at radius 2 is 2.10 bits per heavy atom. The van der Waals surface area contributed by atoms with E-state index in [1.165, 1.54) is 0 Å². The van der Waals surface area contributed by atoms with Gasteiger partial charge in [-0.25, -0.2) is 9.97 Å². The maximum absolute atomic E-state index is 12.8. The van der Waals surface area contributed by atoms with E-state index in [0.29, 0.717) is 24.0 Å². The van der Waals surface area contributed by atoms with Crippen molar-refractivity contribution in [1.29, 1.82) is 0 Å². The zero-order valence-electron chi connectivity index (χ0n) is 17.7. The van der Waals surface area contributed by atoms with Crippen LogP contribution in [-0.4, -0.2) is 47.7 Å². The van der Waals surface area contributed by atoms with Gasteiger partial charge in [-0.2, -0.15) is 0 Å². The molecule has 2 fully saturated rings. The lowest BCUT2D eigenvalue weighted by molar-refractivity contribution is 0.0529. The van der Waals surface area contributed by atoms with Crippen LogP contribution >= 0.6 is 0 Å². The number of carbonyl (C=O) groups excluding carboxylic acids is 1. The number of amides is 1. The minimum atomic E-state index is -0.0325. The summed E-state index contributed by atoms with van der Waals surface area (Å²) >= 11 is 0. The van der Waals surface area contributed by atoms with Gasteiger partial charge in [-0.1, -0.05) is 24.3 Å². The Hall–Kier alpha value is -3.19. The van der Waals surface area contributed by atoms with Crippen LogP contribution in [0, 0.1) is 0 Å². The first-order chi connectivity index (χ1) is 15.2. The fourth-order valence-corrected chi connectivity index (χ4v) is 3.87. The number of nitrogens with one attached hydrogen (secondary N) is 2. The number of morpholine rings is 1. The first-order valence-corrected chi connectivity index (χ1v) is 10.9. The number of carbonyl (C=O) groups is 1. The van der Waals surface area contributed by atoms with Crippen LogP contribution in [0.1, 0.15) is 35.7 Å². The van der Waals surface area contributed by atoms with E-state index in [1.54, 1.807) is 0 Å². The summed E-state index contributed by atoms with van der Waals surface area (Å²) in [5.41, 5.74) is 2.53. The van der Waals surface area contributed by atoms with E-state index in [-0.39, 0.29) is 12.0 Å². The van der Waals surface area contributed by atoms with Gasteiger partial charge in [0.2, 0.25) is 0 Å². The van der Waals surface area contributed by atoms with Gasteiger partial charge in [-0.15, -0.1) is 0 Å². The summed E-state index contributed by atoms with van der Waals surface area (Å²) in [7, 11) is 0. The monoisotopic (exact) mass is 417 g/mol. The average molecular weight is 418 g/mol. The predicted octanol–water partition coefficient (Wildman–Crippen LogP) is 3.36. The maximum Gasteiger partial charge on any atom is 0.252 e. The molecule has 1 aliphatic heterocycles. The summed E-state index contributed by atoms with van der Waals surface area (Å²) in [4.78, 5) is 24.3. The zero-order chi connectivity index (χ0) is 21.2. The number of benzene rings is 1. The topological polar surface area (TPSA) is 79.4 Å². The van der Waals surface area contributed by atoms with E-state index in [2.05, 4.69) is 39.6 Å². The first-order valence-electron chi connectivity index (χ1n) is 10.9. The maximum atomic E-state index is 12.8. The summed E-state index contributed by atoms with van der Waals surface area (Å²) < 4.78 is 5.61. The van der Waals surface area contributed by atoms with Crippen LogP contribution in [-0.2, 0) is 11.3 Å². The van der Waals surface area contributed by atoms with E-state index in [0.717, 1.165) is 54.8 Å². The van der Waals surface area contributed by atoms with Crippen LogP contribution < -0.4 is 15.5 Å². The Morgan fingerprint density at radius 3 is 2.87 bits per heavy atom. The third-order valence-electron chi connectivity index (χ3n) is 5.72. The molecule has 2 aliphatic rings. The largest absolute Gasteiger partial charge is 0.375 e. The fourth-order valence-electron chi connectivity index (χ4n) is 3.87. The van der Waals surface area contributed by atoms with Crippen molar-refractivity contribution in [3.8, 4) is 0 Å². The van der Waals surface area contributed by atoms with E-state index >= 15 is 0 Å². The van der Waals surface area contributed by atoms with Gasteiger partial charge in [0.05, 0.1) is 23.8 Å². The van der Waals surface area contributed by atoms with Gasteiger partial charge in [-0.3, -0.25) is 4.79 Å². The number of aromatic nitrogens is 2. The number of pyridine rings is 2. The highest BCUT2D eigenvalue weighted by molar-refractivity contribution is 6.07. The Morgan fingerprint density at radius 1 is 1.23 bits per heavy atom. The van der Waals surface area contributed by atoms with E-state index in [9.17, 15) is 4.79 Å². The molecule has 1 saturated carbocycles. The minimum Gasteiger partial charge on any atom is -0.375 e. The van der Waals surface area contributed by atoms with Crippen molar-refractivity contribution in [2.24, 2.45) is 0 Å². The van der Waals surface area contributed by atoms with Gasteiger partial charge in [0.1, 0.15) is 11.6 Å². The third-order valence-corrected chi connectivity index (χ3v) is 5.72.